The molecule has 3 N–H and O–H groups in total. The number of aromatic nitrogens is 4. The van der Waals surface area contributed by atoms with Crippen molar-refractivity contribution in [2.45, 2.75) is 32.1 Å². The fraction of sp³-hybridized carbons (Fsp3) is 0.200. The topological polar surface area (TPSA) is 117 Å². The van der Waals surface area contributed by atoms with Crippen LogP contribution in [0.4, 0.5) is 5.82 Å². The number of para-hydroxylation sites is 1. The van der Waals surface area contributed by atoms with Crippen LogP contribution in [0, 0.1) is 0 Å². The number of rotatable bonds is 5. The number of carbonyl (C=O) groups excluding carboxylic acids is 1. The fourth-order valence-electron chi connectivity index (χ4n) is 5.42. The molecule has 0 fully saturated rings. The molecule has 2 atom stereocenters. The molecule has 2 aromatic carbocycles. The Morgan fingerprint density at radius 2 is 1.82 bits per heavy atom. The first-order chi connectivity index (χ1) is 19.0. The fourth-order valence-corrected chi connectivity index (χ4v) is 5.42. The van der Waals surface area contributed by atoms with Gasteiger partial charge in [-0.25, -0.2) is 18.6 Å². The first kappa shape index (κ1) is 24.4. The molecule has 4 aromatic rings. The van der Waals surface area contributed by atoms with Crippen molar-refractivity contribution in [3.8, 4) is 5.69 Å². The second kappa shape index (κ2) is 9.75. The van der Waals surface area contributed by atoms with Crippen LogP contribution in [0.15, 0.2) is 101 Å². The molecule has 0 bridgehead atoms. The summed E-state index contributed by atoms with van der Waals surface area (Å²) in [6, 6.07) is 19.1. The molecule has 0 radical (unpaired) electrons. The Hall–Kier alpha value is -4.92. The second-order valence-corrected chi connectivity index (χ2v) is 9.57. The number of nitrogens with two attached hydrogens (primary N) is 1. The van der Waals surface area contributed by atoms with Crippen LogP contribution in [-0.2, 0) is 9.53 Å². The Balaban J connectivity index is 1.71. The van der Waals surface area contributed by atoms with Crippen molar-refractivity contribution in [2.75, 3.05) is 11.9 Å². The number of allylic oxidation sites excluding steroid dienone is 4. The summed E-state index contributed by atoms with van der Waals surface area (Å²) >= 11 is 0. The van der Waals surface area contributed by atoms with Crippen LogP contribution >= 0.6 is 0 Å². The molecule has 196 valence electrons. The van der Waals surface area contributed by atoms with Crippen LogP contribution in [0.1, 0.15) is 49.1 Å². The summed E-state index contributed by atoms with van der Waals surface area (Å²) in [6.07, 6.45) is 6.28. The van der Waals surface area contributed by atoms with Crippen molar-refractivity contribution >= 4 is 17.4 Å². The summed E-state index contributed by atoms with van der Waals surface area (Å²) in [5.41, 5.74) is 10.0. The van der Waals surface area contributed by atoms with Crippen molar-refractivity contribution < 1.29 is 9.53 Å². The summed E-state index contributed by atoms with van der Waals surface area (Å²) < 4.78 is 8.70. The molecule has 6 rings (SSSR count). The van der Waals surface area contributed by atoms with Gasteiger partial charge in [0.05, 0.1) is 29.3 Å². The second-order valence-electron chi connectivity index (χ2n) is 9.57. The predicted octanol–water partition coefficient (Wildman–Crippen LogP) is 4.16. The number of hydrogen-bond donors (Lipinski definition) is 2. The number of nitrogens with zero attached hydrogens (tertiary/aromatic N) is 4. The Bertz CT molecular complexity index is 1730. The molecule has 39 heavy (non-hydrogen) atoms. The van der Waals surface area contributed by atoms with Gasteiger partial charge in [0.25, 0.3) is 0 Å². The molecular formula is C30H28N6O3. The lowest BCUT2D eigenvalue weighted by Crippen LogP contribution is -2.35. The van der Waals surface area contributed by atoms with Gasteiger partial charge in [-0.2, -0.15) is 0 Å². The minimum atomic E-state index is -0.547. The van der Waals surface area contributed by atoms with Crippen molar-refractivity contribution in [3.05, 3.63) is 123 Å². The number of nitrogens with one attached hydrogen (secondary N) is 1. The number of carbonyl (C=O) groups is 1. The molecular weight excluding hydrogens is 492 g/mol. The number of anilines is 1. The van der Waals surface area contributed by atoms with Gasteiger partial charge < -0.3 is 15.8 Å². The molecule has 1 aliphatic carbocycles. The van der Waals surface area contributed by atoms with E-state index in [-0.39, 0.29) is 18.2 Å². The van der Waals surface area contributed by atoms with Gasteiger partial charge in [-0.15, -0.1) is 10.2 Å². The highest BCUT2D eigenvalue weighted by Gasteiger charge is 2.38. The van der Waals surface area contributed by atoms with Crippen molar-refractivity contribution in [3.63, 3.8) is 0 Å². The van der Waals surface area contributed by atoms with Crippen molar-refractivity contribution in [1.82, 2.24) is 19.2 Å². The van der Waals surface area contributed by atoms with Gasteiger partial charge in [-0.05, 0) is 44.0 Å². The number of fused-ring (bicyclic) bond motifs is 3. The summed E-state index contributed by atoms with van der Waals surface area (Å²) in [7, 11) is 0. The van der Waals surface area contributed by atoms with Crippen molar-refractivity contribution in [2.24, 2.45) is 5.73 Å². The highest BCUT2D eigenvalue weighted by molar-refractivity contribution is 5.95. The highest BCUT2D eigenvalue weighted by Crippen LogP contribution is 2.44. The third-order valence-electron chi connectivity index (χ3n) is 7.18. The van der Waals surface area contributed by atoms with Crippen LogP contribution in [0.25, 0.3) is 11.3 Å². The number of benzene rings is 2. The zero-order chi connectivity index (χ0) is 27.1. The Morgan fingerprint density at radius 1 is 1.10 bits per heavy atom. The van der Waals surface area contributed by atoms with Gasteiger partial charge in [-0.3, -0.25) is 0 Å². The van der Waals surface area contributed by atoms with E-state index in [0.717, 1.165) is 5.56 Å². The van der Waals surface area contributed by atoms with Gasteiger partial charge in [0.2, 0.25) is 0 Å². The molecule has 9 nitrogen and oxygen atoms in total. The van der Waals surface area contributed by atoms with Gasteiger partial charge >= 0.3 is 11.7 Å². The van der Waals surface area contributed by atoms with E-state index in [1.807, 2.05) is 85.8 Å². The number of hydrogen-bond acceptors (Lipinski definition) is 7. The van der Waals surface area contributed by atoms with Gasteiger partial charge in [0.15, 0.2) is 5.65 Å². The van der Waals surface area contributed by atoms with Crippen LogP contribution < -0.4 is 16.7 Å². The van der Waals surface area contributed by atoms with Crippen molar-refractivity contribution in [1.29, 1.82) is 0 Å². The lowest BCUT2D eigenvalue weighted by atomic mass is 9.82. The zero-order valence-corrected chi connectivity index (χ0v) is 21.7. The van der Waals surface area contributed by atoms with E-state index < -0.39 is 11.9 Å². The molecule has 2 aliphatic rings. The number of ether oxygens (including phenoxy) is 1. The first-order valence-electron chi connectivity index (χ1n) is 12.9. The third kappa shape index (κ3) is 4.03. The molecule has 2 unspecified atom stereocenters. The summed E-state index contributed by atoms with van der Waals surface area (Å²) in [4.78, 5) is 27.7. The van der Waals surface area contributed by atoms with Gasteiger partial charge in [0.1, 0.15) is 11.6 Å². The maximum Gasteiger partial charge on any atom is 0.341 e. The van der Waals surface area contributed by atoms with E-state index in [0.29, 0.717) is 51.9 Å². The van der Waals surface area contributed by atoms with Crippen LogP contribution in [0.2, 0.25) is 0 Å². The SMILES string of the molecule is CCOC(=O)C1=C(C)Nc2c(c3nnc(C4C=CC(N)=CC4)n3c(=O)n2-c2ccccc2)C1c1ccccc1. The Kier molecular flexibility index (Phi) is 6.11. The Labute approximate surface area is 224 Å². The monoisotopic (exact) mass is 520 g/mol. The van der Waals surface area contributed by atoms with E-state index in [1.54, 1.807) is 15.9 Å². The first-order valence-corrected chi connectivity index (χ1v) is 12.9. The average molecular weight is 521 g/mol. The maximum absolute atomic E-state index is 14.3. The number of esters is 1. The quantitative estimate of drug-likeness (QED) is 0.380. The summed E-state index contributed by atoms with van der Waals surface area (Å²) in [5.74, 6) is -0.100. The average Bonchev–Trinajstić information content (AvgIpc) is 3.39. The Morgan fingerprint density at radius 3 is 2.49 bits per heavy atom. The van der Waals surface area contributed by atoms with E-state index in [2.05, 4.69) is 15.5 Å². The van der Waals surface area contributed by atoms with Gasteiger partial charge in [-0.1, -0.05) is 60.7 Å². The standard InChI is InChI=1S/C30H28N6O3/c1-3-39-29(37)23-18(2)32-27-25(24(23)19-10-6-4-7-11-19)28-34-33-26(20-14-16-21(31)17-15-20)36(28)30(38)35(27)22-12-8-5-9-13-22/h4-14,16-17,20,24,32H,3,15,31H2,1-2H3. The largest absolute Gasteiger partial charge is 0.463 e. The molecule has 0 spiro atoms. The summed E-state index contributed by atoms with van der Waals surface area (Å²) in [5, 5.41) is 12.4. The van der Waals surface area contributed by atoms with Crippen LogP contribution in [0.5, 0.6) is 0 Å². The maximum atomic E-state index is 14.3. The highest BCUT2D eigenvalue weighted by atomic mass is 16.5. The van der Waals surface area contributed by atoms with E-state index in [4.69, 9.17) is 10.5 Å². The lowest BCUT2D eigenvalue weighted by Gasteiger charge is -2.32. The molecule has 2 aromatic heterocycles. The zero-order valence-electron chi connectivity index (χ0n) is 21.7. The van der Waals surface area contributed by atoms with Crippen LogP contribution in [0.3, 0.4) is 0 Å². The third-order valence-corrected chi connectivity index (χ3v) is 7.18. The van der Waals surface area contributed by atoms with E-state index in [1.165, 1.54) is 0 Å². The molecule has 1 aliphatic heterocycles. The molecule has 0 saturated carbocycles. The molecule has 0 saturated heterocycles. The minimum Gasteiger partial charge on any atom is -0.463 e. The molecule has 9 heteroatoms. The van der Waals surface area contributed by atoms with Gasteiger partial charge in [0, 0.05) is 17.3 Å². The lowest BCUT2D eigenvalue weighted by molar-refractivity contribution is -0.138. The minimum absolute atomic E-state index is 0.184. The van der Waals surface area contributed by atoms with E-state index in [9.17, 15) is 9.59 Å². The smallest absolute Gasteiger partial charge is 0.341 e. The van der Waals surface area contributed by atoms with Crippen LogP contribution in [-0.4, -0.2) is 31.7 Å². The summed E-state index contributed by atoms with van der Waals surface area (Å²) in [6.45, 7) is 3.85. The normalized spacial score (nSPS) is 18.5. The van der Waals surface area contributed by atoms with E-state index >= 15 is 0 Å². The predicted molar refractivity (Wildman–Crippen MR) is 149 cm³/mol. The molecule has 0 amide bonds. The molecule has 3 heterocycles.